The summed E-state index contributed by atoms with van der Waals surface area (Å²) >= 11 is 6.72. The van der Waals surface area contributed by atoms with Crippen LogP contribution in [-0.4, -0.2) is 21.3 Å². The van der Waals surface area contributed by atoms with E-state index in [0.29, 0.717) is 16.1 Å². The first-order chi connectivity index (χ1) is 12.0. The Hall–Kier alpha value is -2.64. The number of thioether (sulfide) groups is 1. The molecule has 0 unspecified atom stereocenters. The molecule has 0 aliphatic heterocycles. The van der Waals surface area contributed by atoms with Gasteiger partial charge in [0, 0.05) is 10.6 Å². The number of benzene rings is 2. The quantitative estimate of drug-likeness (QED) is 0.511. The van der Waals surface area contributed by atoms with Crippen LogP contribution in [0.3, 0.4) is 0 Å². The Morgan fingerprint density at radius 1 is 1.20 bits per heavy atom. The van der Waals surface area contributed by atoms with Crippen LogP contribution in [0.1, 0.15) is 5.56 Å². The van der Waals surface area contributed by atoms with E-state index in [1.165, 1.54) is 30.3 Å². The summed E-state index contributed by atoms with van der Waals surface area (Å²) in [6.07, 6.45) is 1.46. The van der Waals surface area contributed by atoms with E-state index in [9.17, 15) is 14.3 Å². The van der Waals surface area contributed by atoms with Gasteiger partial charge in [0.15, 0.2) is 0 Å². The summed E-state index contributed by atoms with van der Waals surface area (Å²) < 4.78 is 18.4. The first-order valence-electron chi connectivity index (χ1n) is 6.99. The molecule has 0 saturated heterocycles. The van der Waals surface area contributed by atoms with Gasteiger partial charge in [0.2, 0.25) is 5.89 Å². The van der Waals surface area contributed by atoms with Gasteiger partial charge in [-0.25, -0.2) is 9.18 Å². The van der Waals surface area contributed by atoms with E-state index in [4.69, 9.17) is 16.0 Å². The lowest BCUT2D eigenvalue weighted by molar-refractivity contribution is -0.131. The van der Waals surface area contributed by atoms with Gasteiger partial charge in [0.1, 0.15) is 10.7 Å². The number of carboxylic acid groups (broad SMARTS) is 1. The van der Waals surface area contributed by atoms with Gasteiger partial charge in [0.25, 0.3) is 5.22 Å². The zero-order valence-corrected chi connectivity index (χ0v) is 14.1. The molecule has 0 fully saturated rings. The molecule has 1 N–H and O–H groups in total. The molecule has 0 bridgehead atoms. The molecule has 2 aromatic carbocycles. The van der Waals surface area contributed by atoms with Crippen LogP contribution < -0.4 is 0 Å². The highest BCUT2D eigenvalue weighted by atomic mass is 35.5. The molecule has 0 aliphatic rings. The minimum Gasteiger partial charge on any atom is -0.477 e. The van der Waals surface area contributed by atoms with Crippen molar-refractivity contribution >= 4 is 35.4 Å². The van der Waals surface area contributed by atoms with Gasteiger partial charge >= 0.3 is 5.97 Å². The van der Waals surface area contributed by atoms with Crippen molar-refractivity contribution in [3.8, 4) is 11.5 Å². The molecule has 25 heavy (non-hydrogen) atoms. The van der Waals surface area contributed by atoms with Gasteiger partial charge in [-0.3, -0.25) is 0 Å². The third-order valence-corrected chi connectivity index (χ3v) is 4.14. The monoisotopic (exact) mass is 376 g/mol. The van der Waals surface area contributed by atoms with Crippen molar-refractivity contribution in [2.24, 2.45) is 0 Å². The van der Waals surface area contributed by atoms with Gasteiger partial charge in [0.05, 0.1) is 0 Å². The molecule has 3 aromatic rings. The number of hydrogen-bond acceptors (Lipinski definition) is 5. The van der Waals surface area contributed by atoms with Gasteiger partial charge in [-0.05, 0) is 59.8 Å². The Bertz CT molecular complexity index is 941. The summed E-state index contributed by atoms with van der Waals surface area (Å²) in [5.41, 5.74) is 1.17. The van der Waals surface area contributed by atoms with Crippen molar-refractivity contribution in [1.82, 2.24) is 10.2 Å². The molecular weight excluding hydrogens is 367 g/mol. The second-order valence-corrected chi connectivity index (χ2v) is 6.28. The maximum Gasteiger partial charge on any atom is 0.342 e. The maximum atomic E-state index is 13.0. The minimum absolute atomic E-state index is 0.00317. The van der Waals surface area contributed by atoms with Gasteiger partial charge in [-0.2, -0.15) is 0 Å². The highest BCUT2D eigenvalue weighted by Gasteiger charge is 2.16. The molecule has 1 heterocycles. The number of aromatic nitrogens is 2. The van der Waals surface area contributed by atoms with Crippen LogP contribution in [-0.2, 0) is 4.79 Å². The summed E-state index contributed by atoms with van der Waals surface area (Å²) in [6, 6.07) is 12.3. The Labute approximate surface area is 151 Å². The first-order valence-corrected chi connectivity index (χ1v) is 8.18. The number of carboxylic acids is 1. The number of aliphatic carboxylic acids is 1. The molecule has 5 nitrogen and oxygen atoms in total. The number of hydrogen-bond donors (Lipinski definition) is 1. The first kappa shape index (κ1) is 17.2. The van der Waals surface area contributed by atoms with Crippen molar-refractivity contribution < 1.29 is 18.7 Å². The van der Waals surface area contributed by atoms with Crippen LogP contribution in [0.2, 0.25) is 5.02 Å². The molecule has 1 aromatic heterocycles. The third-order valence-electron chi connectivity index (χ3n) is 3.05. The molecule has 0 saturated carbocycles. The van der Waals surface area contributed by atoms with Crippen molar-refractivity contribution in [1.29, 1.82) is 0 Å². The fourth-order valence-electron chi connectivity index (χ4n) is 1.94. The molecular formula is C17H10ClFN2O3S. The Balaban J connectivity index is 1.84. The summed E-state index contributed by atoms with van der Waals surface area (Å²) in [7, 11) is 0. The van der Waals surface area contributed by atoms with Crippen LogP contribution in [0, 0.1) is 5.82 Å². The van der Waals surface area contributed by atoms with Crippen LogP contribution in [0.5, 0.6) is 0 Å². The van der Waals surface area contributed by atoms with Crippen molar-refractivity contribution in [2.45, 2.75) is 5.22 Å². The van der Waals surface area contributed by atoms with Gasteiger partial charge in [-0.1, -0.05) is 23.7 Å². The fraction of sp³-hybridized carbons (Fsp3) is 0. The summed E-state index contributed by atoms with van der Waals surface area (Å²) in [6.45, 7) is 0. The number of nitrogens with zero attached hydrogens (tertiary/aromatic N) is 2. The summed E-state index contributed by atoms with van der Waals surface area (Å²) in [5.74, 6) is -1.34. The standard InChI is InChI=1S/C17H10ClFN2O3S/c18-12-3-1-2-10(8-12)9-14(16(22)23)25-17-21-20-15(24-17)11-4-6-13(19)7-5-11/h1-9H,(H,22,23)/b14-9+. The average Bonchev–Trinajstić information content (AvgIpc) is 3.03. The maximum absolute atomic E-state index is 13.0. The molecule has 0 atom stereocenters. The van der Waals surface area contributed by atoms with Crippen LogP contribution in [0.4, 0.5) is 4.39 Å². The Kier molecular flexibility index (Phi) is 5.16. The van der Waals surface area contributed by atoms with Gasteiger partial charge in [-0.15, -0.1) is 10.2 Å². The largest absolute Gasteiger partial charge is 0.477 e. The van der Waals surface area contributed by atoms with E-state index >= 15 is 0 Å². The molecule has 8 heteroatoms. The fourth-order valence-corrected chi connectivity index (χ4v) is 2.81. The van der Waals surface area contributed by atoms with E-state index in [-0.39, 0.29) is 21.8 Å². The molecule has 0 spiro atoms. The predicted molar refractivity (Wildman–Crippen MR) is 92.6 cm³/mol. The highest BCUT2D eigenvalue weighted by Crippen LogP contribution is 2.30. The van der Waals surface area contributed by atoms with Crippen molar-refractivity contribution in [2.75, 3.05) is 0 Å². The van der Waals surface area contributed by atoms with E-state index in [1.54, 1.807) is 24.3 Å². The number of halogens is 2. The molecule has 0 aliphatic carbocycles. The van der Waals surface area contributed by atoms with Crippen LogP contribution in [0.25, 0.3) is 17.5 Å². The summed E-state index contributed by atoms with van der Waals surface area (Å²) in [5, 5.41) is 17.6. The predicted octanol–water partition coefficient (Wildman–Crippen LogP) is 4.75. The second-order valence-electron chi connectivity index (χ2n) is 4.85. The average molecular weight is 377 g/mol. The molecule has 126 valence electrons. The number of carbonyl (C=O) groups is 1. The SMILES string of the molecule is O=C(O)/C(=C\c1cccc(Cl)c1)Sc1nnc(-c2ccc(F)cc2)o1. The van der Waals surface area contributed by atoms with Crippen LogP contribution >= 0.6 is 23.4 Å². The normalized spacial score (nSPS) is 11.5. The lowest BCUT2D eigenvalue weighted by atomic mass is 10.2. The van der Waals surface area contributed by atoms with E-state index in [0.717, 1.165) is 11.8 Å². The number of rotatable bonds is 5. The Morgan fingerprint density at radius 3 is 2.64 bits per heavy atom. The van der Waals surface area contributed by atoms with Crippen LogP contribution in [0.15, 0.2) is 63.1 Å². The molecule has 0 amide bonds. The van der Waals surface area contributed by atoms with Gasteiger partial charge < -0.3 is 9.52 Å². The second kappa shape index (κ2) is 7.50. The van der Waals surface area contributed by atoms with E-state index in [1.807, 2.05) is 0 Å². The lowest BCUT2D eigenvalue weighted by Crippen LogP contribution is -1.96. The topological polar surface area (TPSA) is 76.2 Å². The van der Waals surface area contributed by atoms with E-state index < -0.39 is 5.97 Å². The van der Waals surface area contributed by atoms with E-state index in [2.05, 4.69) is 10.2 Å². The molecule has 0 radical (unpaired) electrons. The van der Waals surface area contributed by atoms with Crippen molar-refractivity contribution in [3.05, 3.63) is 69.8 Å². The zero-order valence-electron chi connectivity index (χ0n) is 12.5. The smallest absolute Gasteiger partial charge is 0.342 e. The summed E-state index contributed by atoms with van der Waals surface area (Å²) in [4.78, 5) is 11.5. The lowest BCUT2D eigenvalue weighted by Gasteiger charge is -2.00. The highest BCUT2D eigenvalue weighted by molar-refractivity contribution is 8.03. The van der Waals surface area contributed by atoms with Crippen molar-refractivity contribution in [3.63, 3.8) is 0 Å². The zero-order chi connectivity index (χ0) is 17.8. The third kappa shape index (κ3) is 4.46. The minimum atomic E-state index is -1.13. The Morgan fingerprint density at radius 2 is 1.96 bits per heavy atom. The molecule has 3 rings (SSSR count).